The van der Waals surface area contributed by atoms with Crippen molar-refractivity contribution in [3.05, 3.63) is 35.4 Å². The van der Waals surface area contributed by atoms with Crippen molar-refractivity contribution in [1.29, 1.82) is 0 Å². The van der Waals surface area contributed by atoms with Crippen LogP contribution in [0, 0.1) is 22.2 Å². The van der Waals surface area contributed by atoms with Crippen LogP contribution >= 0.6 is 10.8 Å². The van der Waals surface area contributed by atoms with Crippen molar-refractivity contribution >= 4 is 20.6 Å². The number of rotatable bonds is 0. The second-order valence-corrected chi connectivity index (χ2v) is 11.9. The van der Waals surface area contributed by atoms with Crippen LogP contribution in [0.25, 0.3) is 0 Å². The normalized spacial score (nSPS) is 47.2. The Labute approximate surface area is 133 Å². The van der Waals surface area contributed by atoms with E-state index in [1.165, 1.54) is 24.0 Å². The predicted octanol–water partition coefficient (Wildman–Crippen LogP) is 4.33. The molecule has 5 rings (SSSR count). The maximum Gasteiger partial charge on any atom is 0.126 e. The third-order valence-corrected chi connectivity index (χ3v) is 12.2. The van der Waals surface area contributed by atoms with Crippen molar-refractivity contribution in [3.63, 3.8) is 0 Å². The van der Waals surface area contributed by atoms with Crippen molar-refractivity contribution < 1.29 is 4.21 Å². The Bertz CT molecular complexity index is 669. The molecule has 1 nitrogen and oxygen atoms in total. The Morgan fingerprint density at radius 1 is 1.14 bits per heavy atom. The first kappa shape index (κ1) is 13.2. The molecule has 4 aliphatic rings. The SMILES string of the molecule is CC1(C)[C@@H]2CC[C@]1(C)C1(SS1=O)C21Cc2ccccc2C1. The lowest BCUT2D eigenvalue weighted by Crippen LogP contribution is -2.47. The van der Waals surface area contributed by atoms with Gasteiger partial charge in [-0.05, 0) is 58.9 Å². The van der Waals surface area contributed by atoms with Gasteiger partial charge in [0.15, 0.2) is 0 Å². The van der Waals surface area contributed by atoms with Gasteiger partial charge in [0.1, 0.15) is 13.9 Å². The molecule has 3 fully saturated rings. The fraction of sp³-hybridized carbons (Fsp3) is 0.667. The van der Waals surface area contributed by atoms with Gasteiger partial charge >= 0.3 is 0 Å². The molecule has 0 N–H and O–H groups in total. The van der Waals surface area contributed by atoms with Crippen LogP contribution in [-0.4, -0.2) is 8.29 Å². The second-order valence-electron chi connectivity index (χ2n) is 8.36. The Balaban J connectivity index is 1.74. The van der Waals surface area contributed by atoms with E-state index < -0.39 is 9.83 Å². The number of hydrogen-bond acceptors (Lipinski definition) is 2. The largest absolute Gasteiger partial charge is 0.246 e. The summed E-state index contributed by atoms with van der Waals surface area (Å²) in [5.74, 6) is 0.723. The van der Waals surface area contributed by atoms with Crippen molar-refractivity contribution in [1.82, 2.24) is 0 Å². The fourth-order valence-electron chi connectivity index (χ4n) is 6.57. The highest BCUT2D eigenvalue weighted by Crippen LogP contribution is 2.89. The maximum atomic E-state index is 12.8. The van der Waals surface area contributed by atoms with Crippen LogP contribution in [0.5, 0.6) is 0 Å². The third kappa shape index (κ3) is 1.11. The Morgan fingerprint density at radius 3 is 2.24 bits per heavy atom. The zero-order valence-corrected chi connectivity index (χ0v) is 14.6. The Morgan fingerprint density at radius 2 is 1.71 bits per heavy atom. The van der Waals surface area contributed by atoms with Gasteiger partial charge in [0.2, 0.25) is 0 Å². The molecule has 1 aliphatic heterocycles. The van der Waals surface area contributed by atoms with Crippen molar-refractivity contribution in [2.24, 2.45) is 22.2 Å². The first-order valence-corrected chi connectivity index (χ1v) is 10.6. The van der Waals surface area contributed by atoms with Crippen LogP contribution in [0.3, 0.4) is 0 Å². The summed E-state index contributed by atoms with van der Waals surface area (Å²) < 4.78 is 12.8. The van der Waals surface area contributed by atoms with Gasteiger partial charge in [0.05, 0.1) is 0 Å². The van der Waals surface area contributed by atoms with E-state index in [1.807, 2.05) is 0 Å². The van der Waals surface area contributed by atoms with Gasteiger partial charge in [-0.15, -0.1) is 0 Å². The molecule has 0 radical (unpaired) electrons. The molecule has 2 bridgehead atoms. The quantitative estimate of drug-likeness (QED) is 0.523. The van der Waals surface area contributed by atoms with E-state index >= 15 is 0 Å². The minimum Gasteiger partial charge on any atom is -0.246 e. The van der Waals surface area contributed by atoms with Crippen molar-refractivity contribution in [2.45, 2.75) is 50.5 Å². The summed E-state index contributed by atoms with van der Waals surface area (Å²) in [6.07, 6.45) is 4.91. The van der Waals surface area contributed by atoms with Gasteiger partial charge < -0.3 is 0 Å². The minimum absolute atomic E-state index is 0.0332. The molecular weight excluding hydrogens is 296 g/mol. The highest BCUT2D eigenvalue weighted by atomic mass is 33.2. The Hall–Kier alpha value is -0.280. The lowest BCUT2D eigenvalue weighted by atomic mass is 9.67. The number of benzene rings is 1. The summed E-state index contributed by atoms with van der Waals surface area (Å²) in [6, 6.07) is 8.94. The summed E-state index contributed by atoms with van der Waals surface area (Å²) in [4.78, 5) is 0. The second kappa shape index (κ2) is 3.46. The van der Waals surface area contributed by atoms with E-state index in [-0.39, 0.29) is 14.9 Å². The van der Waals surface area contributed by atoms with Gasteiger partial charge in [-0.1, -0.05) is 45.0 Å². The van der Waals surface area contributed by atoms with E-state index in [1.54, 1.807) is 10.8 Å². The van der Waals surface area contributed by atoms with E-state index in [0.717, 1.165) is 18.8 Å². The summed E-state index contributed by atoms with van der Waals surface area (Å²) in [5.41, 5.74) is 3.85. The molecule has 1 aromatic rings. The summed E-state index contributed by atoms with van der Waals surface area (Å²) in [5, 5.41) is 0. The topological polar surface area (TPSA) is 17.1 Å². The molecular formula is C18H22OS2. The zero-order chi connectivity index (χ0) is 14.7. The lowest BCUT2D eigenvalue weighted by Gasteiger charge is -2.42. The average Bonchev–Trinajstić information content (AvgIpc) is 2.84. The molecule has 0 aromatic heterocycles. The number of fused-ring (bicyclic) bond motifs is 6. The van der Waals surface area contributed by atoms with Gasteiger partial charge in [-0.25, -0.2) is 4.21 Å². The molecule has 21 heavy (non-hydrogen) atoms. The molecule has 3 heteroatoms. The van der Waals surface area contributed by atoms with Gasteiger partial charge in [0, 0.05) is 10.8 Å². The van der Waals surface area contributed by atoms with E-state index in [2.05, 4.69) is 45.0 Å². The smallest absolute Gasteiger partial charge is 0.126 e. The third-order valence-electron chi connectivity index (χ3n) is 7.81. The van der Waals surface area contributed by atoms with E-state index in [0.29, 0.717) is 5.41 Å². The molecule has 2 saturated carbocycles. The molecule has 2 spiro atoms. The first-order chi connectivity index (χ1) is 9.89. The van der Waals surface area contributed by atoms with Crippen LogP contribution in [0.1, 0.15) is 44.7 Å². The molecule has 2 unspecified atom stereocenters. The van der Waals surface area contributed by atoms with Crippen LogP contribution < -0.4 is 0 Å². The van der Waals surface area contributed by atoms with Crippen LogP contribution in [0.4, 0.5) is 0 Å². The van der Waals surface area contributed by atoms with Crippen molar-refractivity contribution in [2.75, 3.05) is 0 Å². The summed E-state index contributed by atoms with van der Waals surface area (Å²) >= 11 is 0. The molecule has 112 valence electrons. The van der Waals surface area contributed by atoms with Crippen LogP contribution in [0.15, 0.2) is 24.3 Å². The molecule has 4 atom stereocenters. The van der Waals surface area contributed by atoms with E-state index in [9.17, 15) is 4.21 Å². The lowest BCUT2D eigenvalue weighted by molar-refractivity contribution is 0.138. The van der Waals surface area contributed by atoms with Gasteiger partial charge in [0.25, 0.3) is 0 Å². The minimum atomic E-state index is -0.681. The number of hydrogen-bond donors (Lipinski definition) is 0. The maximum absolute atomic E-state index is 12.8. The molecule has 1 saturated heterocycles. The monoisotopic (exact) mass is 318 g/mol. The highest BCUT2D eigenvalue weighted by Gasteiger charge is 2.88. The highest BCUT2D eigenvalue weighted by molar-refractivity contribution is 8.86. The molecule has 1 heterocycles. The van der Waals surface area contributed by atoms with E-state index in [4.69, 9.17) is 0 Å². The molecule has 1 aromatic carbocycles. The predicted molar refractivity (Wildman–Crippen MR) is 89.4 cm³/mol. The fourth-order valence-corrected chi connectivity index (χ4v) is 12.0. The Kier molecular flexibility index (Phi) is 2.17. The van der Waals surface area contributed by atoms with Crippen LogP contribution in [-0.2, 0) is 22.7 Å². The van der Waals surface area contributed by atoms with Gasteiger partial charge in [-0.3, -0.25) is 0 Å². The average molecular weight is 319 g/mol. The van der Waals surface area contributed by atoms with Crippen LogP contribution in [0.2, 0.25) is 0 Å². The zero-order valence-electron chi connectivity index (χ0n) is 12.9. The first-order valence-electron chi connectivity index (χ1n) is 8.07. The summed E-state index contributed by atoms with van der Waals surface area (Å²) in [6.45, 7) is 7.36. The summed E-state index contributed by atoms with van der Waals surface area (Å²) in [7, 11) is 1.12. The molecule has 0 amide bonds. The molecule has 3 aliphatic carbocycles. The standard InChI is InChI=1S/C18H22OS2/c1-15(2)14-8-9-16(15,3)18(20-21(18)19)17(14)10-12-6-4-5-7-13(12)11-17/h4-7,14H,8-11H2,1-3H3/t14-,16-,18?,21?/m0/s1. The van der Waals surface area contributed by atoms with Gasteiger partial charge in [-0.2, -0.15) is 0 Å². The van der Waals surface area contributed by atoms with Crippen molar-refractivity contribution in [3.8, 4) is 0 Å².